The number of hydrogen-bond acceptors (Lipinski definition) is 1. The second-order valence-corrected chi connectivity index (χ2v) is 6.67. The van der Waals surface area contributed by atoms with Crippen LogP contribution in [0.5, 0.6) is 0 Å². The third-order valence-electron chi connectivity index (χ3n) is 5.02. The van der Waals surface area contributed by atoms with Gasteiger partial charge < -0.3 is 4.57 Å². The molecule has 0 radical (unpaired) electrons. The summed E-state index contributed by atoms with van der Waals surface area (Å²) in [5.74, 6) is -0.0245. The van der Waals surface area contributed by atoms with E-state index in [1.807, 2.05) is 37.3 Å². The first kappa shape index (κ1) is 16.3. The van der Waals surface area contributed by atoms with E-state index in [0.717, 1.165) is 23.1 Å². The quantitative estimate of drug-likeness (QED) is 0.329. The van der Waals surface area contributed by atoms with Crippen LogP contribution in [-0.4, -0.2) is 10.4 Å². The van der Waals surface area contributed by atoms with Gasteiger partial charge in [-0.15, -0.1) is 0 Å². The van der Waals surface area contributed by atoms with Gasteiger partial charge in [-0.2, -0.15) is 0 Å². The molecule has 0 aliphatic carbocycles. The number of allylic oxidation sites excluding steroid dienone is 1. The average molecular weight is 339 g/mol. The van der Waals surface area contributed by atoms with Crippen LogP contribution in [0.25, 0.3) is 27.4 Å². The van der Waals surface area contributed by atoms with E-state index >= 15 is 0 Å². The molecule has 3 aromatic carbocycles. The summed E-state index contributed by atoms with van der Waals surface area (Å²) < 4.78 is 2.30. The first-order valence-electron chi connectivity index (χ1n) is 8.91. The normalized spacial score (nSPS) is 11.2. The number of rotatable bonds is 4. The summed E-state index contributed by atoms with van der Waals surface area (Å²) >= 11 is 0. The molecule has 1 aromatic heterocycles. The van der Waals surface area contributed by atoms with Crippen LogP contribution in [0.1, 0.15) is 28.4 Å². The topological polar surface area (TPSA) is 22.0 Å². The first-order valence-corrected chi connectivity index (χ1v) is 8.91. The Kier molecular flexibility index (Phi) is 3.96. The summed E-state index contributed by atoms with van der Waals surface area (Å²) in [5.41, 5.74) is 5.63. The van der Waals surface area contributed by atoms with Crippen molar-refractivity contribution < 1.29 is 4.79 Å². The fourth-order valence-electron chi connectivity index (χ4n) is 3.59. The third-order valence-corrected chi connectivity index (χ3v) is 5.02. The van der Waals surface area contributed by atoms with Crippen molar-refractivity contribution in [1.82, 2.24) is 4.57 Å². The second-order valence-electron chi connectivity index (χ2n) is 6.67. The molecule has 0 unspecified atom stereocenters. The largest absolute Gasteiger partial charge is 0.341 e. The molecule has 0 spiro atoms. The number of Topliss-reactive ketones (excluding diaryl/α,β-unsaturated/α-hetero) is 1. The molecule has 4 rings (SSSR count). The van der Waals surface area contributed by atoms with Crippen molar-refractivity contribution in [2.75, 3.05) is 0 Å². The van der Waals surface area contributed by atoms with E-state index in [-0.39, 0.29) is 5.78 Å². The van der Waals surface area contributed by atoms with Crippen LogP contribution in [0, 0.1) is 6.92 Å². The third kappa shape index (κ3) is 2.55. The maximum absolute atomic E-state index is 12.8. The highest BCUT2D eigenvalue weighted by molar-refractivity contribution is 6.28. The van der Waals surface area contributed by atoms with Crippen molar-refractivity contribution >= 4 is 33.2 Å². The van der Waals surface area contributed by atoms with Crippen LogP contribution >= 0.6 is 0 Å². The molecule has 0 saturated carbocycles. The first-order chi connectivity index (χ1) is 12.6. The number of nitrogens with zero attached hydrogens (tertiary/aromatic N) is 1. The van der Waals surface area contributed by atoms with E-state index in [9.17, 15) is 4.79 Å². The molecule has 0 amide bonds. The molecule has 0 saturated heterocycles. The zero-order chi connectivity index (χ0) is 18.3. The van der Waals surface area contributed by atoms with Crippen LogP contribution in [0.15, 0.2) is 73.3 Å². The molecule has 4 aromatic rings. The Hall–Kier alpha value is -3.13. The minimum atomic E-state index is -0.0245. The lowest BCUT2D eigenvalue weighted by molar-refractivity contribution is 0.105. The fraction of sp³-hybridized carbons (Fsp3) is 0.125. The maximum Gasteiger partial charge on any atom is 0.193 e. The molecule has 0 bridgehead atoms. The number of para-hydroxylation sites is 1. The SMILES string of the molecule is C=C(C(=O)c1ccc(C)cc1)c1ccc2c(c1)c1ccccc1n2CC. The summed E-state index contributed by atoms with van der Waals surface area (Å²) in [7, 11) is 0. The van der Waals surface area contributed by atoms with E-state index in [1.54, 1.807) is 0 Å². The predicted octanol–water partition coefficient (Wildman–Crippen LogP) is 6.02. The highest BCUT2D eigenvalue weighted by Gasteiger charge is 2.15. The zero-order valence-electron chi connectivity index (χ0n) is 15.1. The van der Waals surface area contributed by atoms with Crippen LogP contribution in [0.4, 0.5) is 0 Å². The number of fused-ring (bicyclic) bond motifs is 3. The summed E-state index contributed by atoms with van der Waals surface area (Å²) in [5, 5.41) is 2.37. The van der Waals surface area contributed by atoms with Crippen molar-refractivity contribution in [3.8, 4) is 0 Å². The number of aryl methyl sites for hydroxylation is 2. The van der Waals surface area contributed by atoms with Crippen molar-refractivity contribution in [3.63, 3.8) is 0 Å². The fourth-order valence-corrected chi connectivity index (χ4v) is 3.59. The second kappa shape index (κ2) is 6.30. The Morgan fingerprint density at radius 3 is 2.27 bits per heavy atom. The van der Waals surface area contributed by atoms with E-state index in [4.69, 9.17) is 0 Å². The van der Waals surface area contributed by atoms with Crippen LogP contribution < -0.4 is 0 Å². The van der Waals surface area contributed by atoms with Gasteiger partial charge in [-0.3, -0.25) is 4.79 Å². The molecule has 1 heterocycles. The van der Waals surface area contributed by atoms with Gasteiger partial charge in [0.1, 0.15) is 0 Å². The number of carbonyl (C=O) groups excluding carboxylic acids is 1. The Morgan fingerprint density at radius 2 is 1.54 bits per heavy atom. The molecule has 0 N–H and O–H groups in total. The molecule has 26 heavy (non-hydrogen) atoms. The summed E-state index contributed by atoms with van der Waals surface area (Å²) in [4.78, 5) is 12.8. The van der Waals surface area contributed by atoms with Gasteiger partial charge in [0.25, 0.3) is 0 Å². The highest BCUT2D eigenvalue weighted by Crippen LogP contribution is 2.31. The number of benzene rings is 3. The molecular formula is C24H21NO. The summed E-state index contributed by atoms with van der Waals surface area (Å²) in [6, 6.07) is 22.2. The van der Waals surface area contributed by atoms with E-state index in [1.165, 1.54) is 16.4 Å². The molecule has 128 valence electrons. The summed E-state index contributed by atoms with van der Waals surface area (Å²) in [6.07, 6.45) is 0. The van der Waals surface area contributed by atoms with E-state index < -0.39 is 0 Å². The maximum atomic E-state index is 12.8. The Labute approximate surface area is 153 Å². The minimum Gasteiger partial charge on any atom is -0.341 e. The number of carbonyl (C=O) groups is 1. The van der Waals surface area contributed by atoms with E-state index in [2.05, 4.69) is 54.5 Å². The van der Waals surface area contributed by atoms with Crippen molar-refractivity contribution in [2.45, 2.75) is 20.4 Å². The molecule has 0 aliphatic heterocycles. The molecule has 0 atom stereocenters. The zero-order valence-corrected chi connectivity index (χ0v) is 15.1. The van der Waals surface area contributed by atoms with Gasteiger partial charge in [0, 0.05) is 39.5 Å². The molecule has 0 fully saturated rings. The Morgan fingerprint density at radius 1 is 0.885 bits per heavy atom. The van der Waals surface area contributed by atoms with Crippen molar-refractivity contribution in [3.05, 3.63) is 90.0 Å². The predicted molar refractivity (Wildman–Crippen MR) is 110 cm³/mol. The van der Waals surface area contributed by atoms with Gasteiger partial charge in [0.2, 0.25) is 0 Å². The van der Waals surface area contributed by atoms with E-state index in [0.29, 0.717) is 11.1 Å². The van der Waals surface area contributed by atoms with Gasteiger partial charge in [-0.25, -0.2) is 0 Å². The number of hydrogen-bond donors (Lipinski definition) is 0. The van der Waals surface area contributed by atoms with Gasteiger partial charge in [-0.1, -0.05) is 60.7 Å². The van der Waals surface area contributed by atoms with Crippen molar-refractivity contribution in [1.29, 1.82) is 0 Å². The minimum absolute atomic E-state index is 0.0245. The van der Waals surface area contributed by atoms with Gasteiger partial charge in [0.15, 0.2) is 5.78 Å². The smallest absolute Gasteiger partial charge is 0.193 e. The van der Waals surface area contributed by atoms with Crippen LogP contribution in [0.2, 0.25) is 0 Å². The lowest BCUT2D eigenvalue weighted by Crippen LogP contribution is -2.02. The lowest BCUT2D eigenvalue weighted by Gasteiger charge is -2.07. The molecular weight excluding hydrogens is 318 g/mol. The summed E-state index contributed by atoms with van der Waals surface area (Å²) in [6.45, 7) is 9.16. The Bertz CT molecular complexity index is 1150. The highest BCUT2D eigenvalue weighted by atomic mass is 16.1. The molecule has 2 nitrogen and oxygen atoms in total. The van der Waals surface area contributed by atoms with Gasteiger partial charge >= 0.3 is 0 Å². The lowest BCUT2D eigenvalue weighted by atomic mass is 9.96. The standard InChI is InChI=1S/C24H21NO/c1-4-25-22-8-6-5-7-20(22)21-15-19(13-14-23(21)25)17(3)24(26)18-11-9-16(2)10-12-18/h5-15H,3-4H2,1-2H3. The van der Waals surface area contributed by atoms with Crippen molar-refractivity contribution in [2.24, 2.45) is 0 Å². The number of aromatic nitrogens is 1. The molecule has 2 heteroatoms. The van der Waals surface area contributed by atoms with Gasteiger partial charge in [-0.05, 0) is 37.6 Å². The monoisotopic (exact) mass is 339 g/mol. The van der Waals surface area contributed by atoms with Crippen LogP contribution in [-0.2, 0) is 6.54 Å². The number of ketones is 1. The molecule has 0 aliphatic rings. The Balaban J connectivity index is 1.82. The van der Waals surface area contributed by atoms with Gasteiger partial charge in [0.05, 0.1) is 0 Å². The average Bonchev–Trinajstić information content (AvgIpc) is 3.00. The van der Waals surface area contributed by atoms with Crippen LogP contribution in [0.3, 0.4) is 0 Å².